The van der Waals surface area contributed by atoms with E-state index in [0.717, 1.165) is 25.2 Å². The molecule has 4 fully saturated rings. The fraction of sp³-hybridized carbons (Fsp3) is 0.938. The van der Waals surface area contributed by atoms with Crippen molar-refractivity contribution in [3.63, 3.8) is 0 Å². The second-order valence-electron chi connectivity index (χ2n) is 15.5. The summed E-state index contributed by atoms with van der Waals surface area (Å²) in [5, 5.41) is 0. The molecule has 0 unspecified atom stereocenters. The number of Topliss-reactive ketones (excluding diaryl/α,β-unsaturated/α-hetero) is 1. The van der Waals surface area contributed by atoms with Gasteiger partial charge < -0.3 is 4.74 Å². The number of ether oxygens (including phenoxy) is 1. The van der Waals surface area contributed by atoms with Crippen molar-refractivity contribution in [2.75, 3.05) is 6.61 Å². The molecule has 8 atom stereocenters. The Bertz CT molecular complexity index is 861. The first kappa shape index (κ1) is 27.2. The van der Waals surface area contributed by atoms with E-state index in [1.807, 2.05) is 6.92 Å². The van der Waals surface area contributed by atoms with Gasteiger partial charge in [-0.2, -0.15) is 0 Å². The first-order valence-electron chi connectivity index (χ1n) is 14.7. The van der Waals surface area contributed by atoms with Crippen molar-refractivity contribution >= 4 is 11.8 Å². The van der Waals surface area contributed by atoms with E-state index in [9.17, 15) is 9.59 Å². The summed E-state index contributed by atoms with van der Waals surface area (Å²) in [6.45, 7) is 21.6. The summed E-state index contributed by atoms with van der Waals surface area (Å²) in [7, 11) is 0. The van der Waals surface area contributed by atoms with Crippen LogP contribution in [0.2, 0.25) is 0 Å². The van der Waals surface area contributed by atoms with Crippen LogP contribution in [0.15, 0.2) is 0 Å². The molecule has 35 heavy (non-hydrogen) atoms. The third-order valence-corrected chi connectivity index (χ3v) is 13.3. The van der Waals surface area contributed by atoms with Crippen LogP contribution in [0.3, 0.4) is 0 Å². The van der Waals surface area contributed by atoms with Crippen LogP contribution in [-0.2, 0) is 14.3 Å². The molecule has 0 radical (unpaired) electrons. The molecule has 0 N–H and O–H groups in total. The highest BCUT2D eigenvalue weighted by molar-refractivity contribution is 5.82. The van der Waals surface area contributed by atoms with E-state index in [0.29, 0.717) is 45.9 Å². The summed E-state index contributed by atoms with van der Waals surface area (Å²) in [6, 6.07) is 0. The van der Waals surface area contributed by atoms with E-state index >= 15 is 0 Å². The number of esters is 1. The zero-order valence-corrected chi connectivity index (χ0v) is 24.4. The summed E-state index contributed by atoms with van der Waals surface area (Å²) in [4.78, 5) is 24.5. The lowest BCUT2D eigenvalue weighted by Crippen LogP contribution is -2.67. The molecule has 4 aliphatic rings. The molecule has 0 heterocycles. The maximum absolute atomic E-state index is 13.1. The van der Waals surface area contributed by atoms with Crippen molar-refractivity contribution in [3.05, 3.63) is 0 Å². The lowest BCUT2D eigenvalue weighted by molar-refractivity contribution is -0.249. The molecule has 4 aliphatic carbocycles. The van der Waals surface area contributed by atoms with Crippen molar-refractivity contribution in [3.8, 4) is 0 Å². The molecule has 3 nitrogen and oxygen atoms in total. The number of ketones is 1. The van der Waals surface area contributed by atoms with Crippen LogP contribution < -0.4 is 0 Å². The standard InChI is InChI=1S/C32H54O3/c1-22(33)29(6)13-12-25-30(7,24(29)11-10-20-35-23(2)34)17-19-32(9)26-21-27(3,4)14-15-28(26,5)16-18-31(25,32)8/h24-26H,10-21H2,1-9H3/t24-,25+,26-,28-,29-,30+,31-,32+/m1/s1. The quantitative estimate of drug-likeness (QED) is 0.289. The van der Waals surface area contributed by atoms with Crippen LogP contribution >= 0.6 is 0 Å². The van der Waals surface area contributed by atoms with Crippen molar-refractivity contribution in [1.29, 1.82) is 0 Å². The van der Waals surface area contributed by atoms with Crippen molar-refractivity contribution < 1.29 is 14.3 Å². The summed E-state index contributed by atoms with van der Waals surface area (Å²) in [5.41, 5.74) is 1.54. The minimum absolute atomic E-state index is 0.168. The van der Waals surface area contributed by atoms with Crippen LogP contribution in [0.1, 0.15) is 133 Å². The molecule has 0 spiro atoms. The van der Waals surface area contributed by atoms with E-state index < -0.39 is 0 Å². The van der Waals surface area contributed by atoms with Crippen LogP contribution in [0.5, 0.6) is 0 Å². The van der Waals surface area contributed by atoms with Gasteiger partial charge in [-0.1, -0.05) is 48.5 Å². The Labute approximate surface area is 215 Å². The van der Waals surface area contributed by atoms with Crippen LogP contribution in [0, 0.1) is 50.2 Å². The normalized spacial score (nSPS) is 48.8. The Morgan fingerprint density at radius 2 is 1.37 bits per heavy atom. The van der Waals surface area contributed by atoms with Gasteiger partial charge in [0.2, 0.25) is 0 Å². The second kappa shape index (κ2) is 8.59. The average molecular weight is 487 g/mol. The molecule has 0 bridgehead atoms. The molecule has 3 heteroatoms. The average Bonchev–Trinajstić information content (AvgIpc) is 2.75. The van der Waals surface area contributed by atoms with E-state index in [2.05, 4.69) is 48.5 Å². The third-order valence-electron chi connectivity index (χ3n) is 13.3. The smallest absolute Gasteiger partial charge is 0.302 e. The first-order chi connectivity index (χ1) is 16.0. The van der Waals surface area contributed by atoms with E-state index in [1.54, 1.807) is 0 Å². The van der Waals surface area contributed by atoms with Gasteiger partial charge in [-0.3, -0.25) is 9.59 Å². The maximum atomic E-state index is 13.1. The molecule has 0 saturated heterocycles. The van der Waals surface area contributed by atoms with Gasteiger partial charge in [0.25, 0.3) is 0 Å². The van der Waals surface area contributed by atoms with Crippen LogP contribution in [0.4, 0.5) is 0 Å². The molecule has 200 valence electrons. The topological polar surface area (TPSA) is 43.4 Å². The minimum Gasteiger partial charge on any atom is -0.466 e. The highest BCUT2D eigenvalue weighted by Crippen LogP contribution is 2.77. The molecular weight excluding hydrogens is 432 g/mol. The molecular formula is C32H54O3. The minimum atomic E-state index is -0.262. The molecule has 0 aromatic rings. The van der Waals surface area contributed by atoms with Crippen LogP contribution in [-0.4, -0.2) is 18.4 Å². The fourth-order valence-electron chi connectivity index (χ4n) is 10.7. The van der Waals surface area contributed by atoms with Gasteiger partial charge in [-0.05, 0) is 122 Å². The van der Waals surface area contributed by atoms with Crippen molar-refractivity contribution in [2.24, 2.45) is 50.2 Å². The van der Waals surface area contributed by atoms with E-state index in [1.165, 1.54) is 58.3 Å². The third kappa shape index (κ3) is 4.04. The molecule has 0 aliphatic heterocycles. The molecule has 4 rings (SSSR count). The number of hydrogen-bond acceptors (Lipinski definition) is 3. The Kier molecular flexibility index (Phi) is 6.67. The van der Waals surface area contributed by atoms with Gasteiger partial charge in [0.1, 0.15) is 5.78 Å². The van der Waals surface area contributed by atoms with Gasteiger partial charge in [-0.25, -0.2) is 0 Å². The SMILES string of the molecule is CC(=O)OCCC[C@H]1[C@]2(C)CC[C@@]3(C)[C@@H]4CC(C)(C)CC[C@]4(C)CC[C@]3(C)[C@H]2CC[C@]1(C)C(C)=O. The largest absolute Gasteiger partial charge is 0.466 e. The summed E-state index contributed by atoms with van der Waals surface area (Å²) in [5.74, 6) is 1.98. The van der Waals surface area contributed by atoms with Gasteiger partial charge in [-0.15, -0.1) is 0 Å². The lowest BCUT2D eigenvalue weighted by atomic mass is 9.31. The summed E-state index contributed by atoms with van der Waals surface area (Å²) in [6.07, 6.45) is 13.4. The Balaban J connectivity index is 1.69. The molecule has 0 aromatic heterocycles. The lowest BCUT2D eigenvalue weighted by Gasteiger charge is -2.74. The monoisotopic (exact) mass is 486 g/mol. The van der Waals surface area contributed by atoms with Gasteiger partial charge in [0.15, 0.2) is 0 Å². The first-order valence-corrected chi connectivity index (χ1v) is 14.7. The van der Waals surface area contributed by atoms with Gasteiger partial charge in [0, 0.05) is 12.3 Å². The zero-order valence-electron chi connectivity index (χ0n) is 24.4. The maximum Gasteiger partial charge on any atom is 0.302 e. The molecule has 0 aromatic carbocycles. The zero-order chi connectivity index (χ0) is 26.1. The van der Waals surface area contributed by atoms with Crippen LogP contribution in [0.25, 0.3) is 0 Å². The van der Waals surface area contributed by atoms with Crippen molar-refractivity contribution in [2.45, 2.75) is 133 Å². The van der Waals surface area contributed by atoms with Crippen molar-refractivity contribution in [1.82, 2.24) is 0 Å². The van der Waals surface area contributed by atoms with Gasteiger partial charge in [0.05, 0.1) is 6.61 Å². The predicted octanol–water partition coefficient (Wildman–Crippen LogP) is 8.39. The Hall–Kier alpha value is -0.860. The number of hydrogen-bond donors (Lipinski definition) is 0. The second-order valence-corrected chi connectivity index (χ2v) is 15.5. The number of carbonyl (C=O) groups excluding carboxylic acids is 2. The Morgan fingerprint density at radius 3 is 2.00 bits per heavy atom. The fourth-order valence-corrected chi connectivity index (χ4v) is 10.7. The molecule has 4 saturated carbocycles. The number of carbonyl (C=O) groups is 2. The number of rotatable bonds is 5. The Morgan fingerprint density at radius 1 is 0.771 bits per heavy atom. The van der Waals surface area contributed by atoms with E-state index in [4.69, 9.17) is 4.74 Å². The summed E-state index contributed by atoms with van der Waals surface area (Å²) < 4.78 is 5.32. The highest BCUT2D eigenvalue weighted by atomic mass is 16.5. The number of fused-ring (bicyclic) bond motifs is 5. The summed E-state index contributed by atoms with van der Waals surface area (Å²) >= 11 is 0. The highest BCUT2D eigenvalue weighted by Gasteiger charge is 2.70. The van der Waals surface area contributed by atoms with Gasteiger partial charge >= 0.3 is 5.97 Å². The van der Waals surface area contributed by atoms with E-state index in [-0.39, 0.29) is 16.8 Å². The predicted molar refractivity (Wildman–Crippen MR) is 143 cm³/mol. The molecule has 0 amide bonds.